The molecule has 2 aromatic carbocycles. The lowest BCUT2D eigenvalue weighted by Crippen LogP contribution is -2.15. The number of benzene rings is 2. The van der Waals surface area contributed by atoms with Crippen molar-refractivity contribution in [3.05, 3.63) is 75.8 Å². The fourth-order valence-electron chi connectivity index (χ4n) is 1.74. The zero-order valence-electron chi connectivity index (χ0n) is 10.9. The quantitative estimate of drug-likeness (QED) is 0.365. The summed E-state index contributed by atoms with van der Waals surface area (Å²) in [5.74, 6) is -1.27. The van der Waals surface area contributed by atoms with Crippen LogP contribution in [0.4, 0.5) is 5.69 Å². The molecule has 0 aliphatic rings. The molecule has 0 fully saturated rings. The van der Waals surface area contributed by atoms with Crippen molar-refractivity contribution in [1.82, 2.24) is 0 Å². The highest BCUT2D eigenvalue weighted by atomic mass is 16.6. The van der Waals surface area contributed by atoms with E-state index in [9.17, 15) is 19.7 Å². The van der Waals surface area contributed by atoms with Gasteiger partial charge in [0.15, 0.2) is 6.61 Å². The summed E-state index contributed by atoms with van der Waals surface area (Å²) < 4.78 is 4.87. The summed E-state index contributed by atoms with van der Waals surface area (Å²) in [5, 5.41) is 10.8. The Morgan fingerprint density at radius 3 is 2.29 bits per heavy atom. The highest BCUT2D eigenvalue weighted by molar-refractivity contribution is 6.02. The summed E-state index contributed by atoms with van der Waals surface area (Å²) in [6.45, 7) is -0.543. The van der Waals surface area contributed by atoms with Crippen LogP contribution in [0.5, 0.6) is 0 Å². The lowest BCUT2D eigenvalue weighted by Gasteiger charge is -2.04. The van der Waals surface area contributed by atoms with Gasteiger partial charge in [-0.25, -0.2) is 4.79 Å². The number of hydrogen-bond acceptors (Lipinski definition) is 5. The van der Waals surface area contributed by atoms with Gasteiger partial charge in [0.05, 0.1) is 16.1 Å². The van der Waals surface area contributed by atoms with Gasteiger partial charge in [0.1, 0.15) is 0 Å². The molecular formula is C15H11NO5. The molecule has 106 valence electrons. The Morgan fingerprint density at radius 1 is 1.00 bits per heavy atom. The molecule has 0 spiro atoms. The first-order valence-corrected chi connectivity index (χ1v) is 6.08. The normalized spacial score (nSPS) is 9.90. The maximum atomic E-state index is 11.9. The van der Waals surface area contributed by atoms with Gasteiger partial charge in [-0.2, -0.15) is 0 Å². The summed E-state index contributed by atoms with van der Waals surface area (Å²) in [7, 11) is 0. The molecule has 0 aliphatic carbocycles. The number of nitrogens with zero attached hydrogens (tertiary/aromatic N) is 1. The molecule has 0 atom stereocenters. The van der Waals surface area contributed by atoms with Crippen LogP contribution in [0.3, 0.4) is 0 Å². The van der Waals surface area contributed by atoms with Gasteiger partial charge in [0.2, 0.25) is 5.78 Å². The largest absolute Gasteiger partial charge is 0.454 e. The predicted molar refractivity (Wildman–Crippen MR) is 74.2 cm³/mol. The lowest BCUT2D eigenvalue weighted by atomic mass is 10.1. The van der Waals surface area contributed by atoms with Crippen LogP contribution in [0.2, 0.25) is 0 Å². The number of hydrogen-bond donors (Lipinski definition) is 0. The standard InChI is InChI=1S/C15H11NO5/c17-14(12-8-4-5-9-13(12)16(19)20)10-21-15(18)11-6-2-1-3-7-11/h1-9H,10H2. The van der Waals surface area contributed by atoms with Crippen molar-refractivity contribution < 1.29 is 19.2 Å². The van der Waals surface area contributed by atoms with Crippen LogP contribution in [-0.4, -0.2) is 23.3 Å². The van der Waals surface area contributed by atoms with Crippen molar-refractivity contribution in [3.63, 3.8) is 0 Å². The van der Waals surface area contributed by atoms with E-state index < -0.39 is 23.3 Å². The number of carbonyl (C=O) groups is 2. The van der Waals surface area contributed by atoms with E-state index in [0.29, 0.717) is 5.56 Å². The third-order valence-electron chi connectivity index (χ3n) is 2.75. The topological polar surface area (TPSA) is 86.5 Å². The van der Waals surface area contributed by atoms with E-state index in [1.54, 1.807) is 30.3 Å². The van der Waals surface area contributed by atoms with Crippen LogP contribution >= 0.6 is 0 Å². The van der Waals surface area contributed by atoms with Crippen molar-refractivity contribution in [2.75, 3.05) is 6.61 Å². The summed E-state index contributed by atoms with van der Waals surface area (Å²) in [6.07, 6.45) is 0. The SMILES string of the molecule is O=C(OCC(=O)c1ccccc1[N+](=O)[O-])c1ccccc1. The van der Waals surface area contributed by atoms with Crippen LogP contribution in [0.1, 0.15) is 20.7 Å². The van der Waals surface area contributed by atoms with E-state index in [1.807, 2.05) is 0 Å². The average Bonchev–Trinajstić information content (AvgIpc) is 2.53. The summed E-state index contributed by atoms with van der Waals surface area (Å²) >= 11 is 0. The Hall–Kier alpha value is -3.02. The first-order valence-electron chi connectivity index (χ1n) is 6.08. The second-order valence-corrected chi connectivity index (χ2v) is 4.14. The maximum absolute atomic E-state index is 11.9. The van der Waals surface area contributed by atoms with Crippen molar-refractivity contribution in [2.24, 2.45) is 0 Å². The van der Waals surface area contributed by atoms with E-state index >= 15 is 0 Å². The number of nitro benzene ring substituents is 1. The van der Waals surface area contributed by atoms with Crippen LogP contribution in [-0.2, 0) is 4.74 Å². The van der Waals surface area contributed by atoms with Crippen LogP contribution in [0, 0.1) is 10.1 Å². The molecule has 6 nitrogen and oxygen atoms in total. The van der Waals surface area contributed by atoms with Crippen LogP contribution in [0.25, 0.3) is 0 Å². The molecule has 0 aliphatic heterocycles. The number of carbonyl (C=O) groups excluding carboxylic acids is 2. The van der Waals surface area contributed by atoms with E-state index in [2.05, 4.69) is 0 Å². The number of ether oxygens (including phenoxy) is 1. The molecule has 0 aromatic heterocycles. The van der Waals surface area contributed by atoms with Gasteiger partial charge in [0.25, 0.3) is 5.69 Å². The second kappa shape index (κ2) is 6.42. The number of nitro groups is 1. The first-order chi connectivity index (χ1) is 10.1. The average molecular weight is 285 g/mol. The highest BCUT2D eigenvalue weighted by Crippen LogP contribution is 2.18. The van der Waals surface area contributed by atoms with E-state index in [-0.39, 0.29) is 11.3 Å². The summed E-state index contributed by atoms with van der Waals surface area (Å²) in [4.78, 5) is 33.8. The van der Waals surface area contributed by atoms with Crippen molar-refractivity contribution in [1.29, 1.82) is 0 Å². The van der Waals surface area contributed by atoms with E-state index in [1.165, 1.54) is 24.3 Å². The molecule has 2 aromatic rings. The number of rotatable bonds is 5. The Morgan fingerprint density at radius 2 is 1.62 bits per heavy atom. The summed E-state index contributed by atoms with van der Waals surface area (Å²) in [5.41, 5.74) is -0.0746. The van der Waals surface area contributed by atoms with E-state index in [4.69, 9.17) is 4.74 Å². The fourth-order valence-corrected chi connectivity index (χ4v) is 1.74. The number of Topliss-reactive ketones (excluding diaryl/α,β-unsaturated/α-hetero) is 1. The van der Waals surface area contributed by atoms with Gasteiger partial charge in [0, 0.05) is 6.07 Å². The highest BCUT2D eigenvalue weighted by Gasteiger charge is 2.20. The van der Waals surface area contributed by atoms with E-state index in [0.717, 1.165) is 0 Å². The Bertz CT molecular complexity index is 681. The third-order valence-corrected chi connectivity index (χ3v) is 2.75. The van der Waals surface area contributed by atoms with Gasteiger partial charge >= 0.3 is 5.97 Å². The van der Waals surface area contributed by atoms with Crippen molar-refractivity contribution in [3.8, 4) is 0 Å². The van der Waals surface area contributed by atoms with Crippen LogP contribution in [0.15, 0.2) is 54.6 Å². The molecule has 0 saturated heterocycles. The Balaban J connectivity index is 2.06. The van der Waals surface area contributed by atoms with Crippen molar-refractivity contribution >= 4 is 17.4 Å². The minimum atomic E-state index is -0.650. The minimum absolute atomic E-state index is 0.0802. The number of para-hydroxylation sites is 1. The molecule has 0 amide bonds. The van der Waals surface area contributed by atoms with Gasteiger partial charge in [-0.15, -0.1) is 0 Å². The van der Waals surface area contributed by atoms with Crippen LogP contribution < -0.4 is 0 Å². The first kappa shape index (κ1) is 14.4. The smallest absolute Gasteiger partial charge is 0.338 e. The van der Waals surface area contributed by atoms with Gasteiger partial charge < -0.3 is 4.74 Å². The lowest BCUT2D eigenvalue weighted by molar-refractivity contribution is -0.385. The number of ketones is 1. The molecule has 0 bridgehead atoms. The Kier molecular flexibility index (Phi) is 4.40. The molecule has 2 rings (SSSR count). The fraction of sp³-hybridized carbons (Fsp3) is 0.0667. The molecule has 0 heterocycles. The zero-order valence-corrected chi connectivity index (χ0v) is 10.9. The second-order valence-electron chi connectivity index (χ2n) is 4.14. The third kappa shape index (κ3) is 3.50. The summed E-state index contributed by atoms with van der Waals surface area (Å²) in [6, 6.07) is 13.7. The number of esters is 1. The molecule has 0 saturated carbocycles. The Labute approximate surface area is 120 Å². The zero-order chi connectivity index (χ0) is 15.2. The van der Waals surface area contributed by atoms with Gasteiger partial charge in [-0.1, -0.05) is 30.3 Å². The molecule has 0 radical (unpaired) electrons. The molecule has 21 heavy (non-hydrogen) atoms. The molecular weight excluding hydrogens is 274 g/mol. The maximum Gasteiger partial charge on any atom is 0.338 e. The molecule has 0 N–H and O–H groups in total. The van der Waals surface area contributed by atoms with Gasteiger partial charge in [-0.05, 0) is 18.2 Å². The predicted octanol–water partition coefficient (Wildman–Crippen LogP) is 2.63. The van der Waals surface area contributed by atoms with Crippen molar-refractivity contribution in [2.45, 2.75) is 0 Å². The minimum Gasteiger partial charge on any atom is -0.454 e. The van der Waals surface area contributed by atoms with Gasteiger partial charge in [-0.3, -0.25) is 14.9 Å². The molecule has 0 unspecified atom stereocenters. The molecule has 6 heteroatoms. The monoisotopic (exact) mass is 285 g/mol.